The highest BCUT2D eigenvalue weighted by molar-refractivity contribution is 5.96. The van der Waals surface area contributed by atoms with Gasteiger partial charge in [-0.05, 0) is 74.8 Å². The zero-order chi connectivity index (χ0) is 18.8. The molecule has 1 saturated heterocycles. The molecule has 1 saturated carbocycles. The van der Waals surface area contributed by atoms with Crippen LogP contribution in [0.5, 0.6) is 0 Å². The van der Waals surface area contributed by atoms with Crippen molar-refractivity contribution in [1.82, 2.24) is 4.90 Å². The van der Waals surface area contributed by atoms with Crippen LogP contribution in [0.15, 0.2) is 42.5 Å². The first-order valence-corrected chi connectivity index (χ1v) is 10.1. The second kappa shape index (κ2) is 7.71. The molecule has 1 aliphatic carbocycles. The molecule has 1 amide bonds. The number of anilines is 1. The lowest BCUT2D eigenvalue weighted by molar-refractivity contribution is 0.0606. The number of halogens is 1. The molecule has 27 heavy (non-hydrogen) atoms. The van der Waals surface area contributed by atoms with Gasteiger partial charge in [0, 0.05) is 18.3 Å². The van der Waals surface area contributed by atoms with Crippen LogP contribution in [0.3, 0.4) is 0 Å². The van der Waals surface area contributed by atoms with Crippen molar-refractivity contribution in [1.29, 1.82) is 0 Å². The SMILES string of the molecule is Cc1cccc(F)c1C(=O)N1CCCC[C@@H]1c1ccc(NC2CCC2)cc1. The Morgan fingerprint density at radius 1 is 1.04 bits per heavy atom. The van der Waals surface area contributed by atoms with Crippen LogP contribution in [-0.2, 0) is 0 Å². The van der Waals surface area contributed by atoms with Crippen molar-refractivity contribution in [2.45, 2.75) is 57.5 Å². The van der Waals surface area contributed by atoms with Crippen LogP contribution < -0.4 is 5.32 Å². The molecule has 4 rings (SSSR count). The highest BCUT2D eigenvalue weighted by Crippen LogP contribution is 2.34. The Hall–Kier alpha value is -2.36. The Kier molecular flexibility index (Phi) is 5.15. The van der Waals surface area contributed by atoms with E-state index < -0.39 is 5.82 Å². The van der Waals surface area contributed by atoms with E-state index in [1.807, 2.05) is 4.90 Å². The van der Waals surface area contributed by atoms with Crippen molar-refractivity contribution >= 4 is 11.6 Å². The molecule has 0 aromatic heterocycles. The number of hydrogen-bond acceptors (Lipinski definition) is 2. The Balaban J connectivity index is 1.56. The second-order valence-electron chi connectivity index (χ2n) is 7.84. The maximum atomic E-state index is 14.3. The Bertz CT molecular complexity index is 793. The van der Waals surface area contributed by atoms with E-state index in [0.717, 1.165) is 30.5 Å². The number of rotatable bonds is 4. The number of aryl methyl sites for hydroxylation is 1. The van der Waals surface area contributed by atoms with E-state index in [2.05, 4.69) is 29.6 Å². The van der Waals surface area contributed by atoms with Gasteiger partial charge in [-0.3, -0.25) is 4.79 Å². The summed E-state index contributed by atoms with van der Waals surface area (Å²) in [6.45, 7) is 2.48. The van der Waals surface area contributed by atoms with Crippen molar-refractivity contribution in [2.75, 3.05) is 11.9 Å². The largest absolute Gasteiger partial charge is 0.382 e. The molecule has 1 aliphatic heterocycles. The van der Waals surface area contributed by atoms with Gasteiger partial charge in [0.1, 0.15) is 5.82 Å². The molecule has 2 aliphatic rings. The van der Waals surface area contributed by atoms with E-state index in [1.54, 1.807) is 19.1 Å². The van der Waals surface area contributed by atoms with E-state index in [1.165, 1.54) is 25.3 Å². The number of nitrogens with zero attached hydrogens (tertiary/aromatic N) is 1. The monoisotopic (exact) mass is 366 g/mol. The highest BCUT2D eigenvalue weighted by atomic mass is 19.1. The van der Waals surface area contributed by atoms with Gasteiger partial charge in [0.2, 0.25) is 0 Å². The molecular weight excluding hydrogens is 339 g/mol. The summed E-state index contributed by atoms with van der Waals surface area (Å²) in [5.41, 5.74) is 3.19. The summed E-state index contributed by atoms with van der Waals surface area (Å²) in [6.07, 6.45) is 6.78. The zero-order valence-electron chi connectivity index (χ0n) is 15.9. The van der Waals surface area contributed by atoms with Crippen molar-refractivity contribution in [3.63, 3.8) is 0 Å². The molecule has 4 heteroatoms. The van der Waals surface area contributed by atoms with Crippen LogP contribution in [0.25, 0.3) is 0 Å². The molecule has 1 atom stereocenters. The van der Waals surface area contributed by atoms with Crippen LogP contribution >= 0.6 is 0 Å². The minimum absolute atomic E-state index is 0.0167. The first kappa shape index (κ1) is 18.0. The molecule has 3 nitrogen and oxygen atoms in total. The molecular formula is C23H27FN2O. The normalized spacial score (nSPS) is 20.2. The van der Waals surface area contributed by atoms with E-state index in [9.17, 15) is 9.18 Å². The van der Waals surface area contributed by atoms with Gasteiger partial charge in [-0.2, -0.15) is 0 Å². The minimum atomic E-state index is -0.427. The van der Waals surface area contributed by atoms with Crippen molar-refractivity contribution in [3.05, 3.63) is 65.0 Å². The van der Waals surface area contributed by atoms with Crippen LogP contribution in [0.2, 0.25) is 0 Å². The topological polar surface area (TPSA) is 32.3 Å². The Labute approximate surface area is 160 Å². The smallest absolute Gasteiger partial charge is 0.257 e. The van der Waals surface area contributed by atoms with Gasteiger partial charge in [0.15, 0.2) is 0 Å². The lowest BCUT2D eigenvalue weighted by Crippen LogP contribution is -2.39. The average Bonchev–Trinajstić information content (AvgIpc) is 2.65. The molecule has 0 spiro atoms. The number of carbonyl (C=O) groups is 1. The van der Waals surface area contributed by atoms with Crippen LogP contribution in [0.1, 0.15) is 66.1 Å². The maximum Gasteiger partial charge on any atom is 0.257 e. The third-order valence-electron chi connectivity index (χ3n) is 5.97. The number of hydrogen-bond donors (Lipinski definition) is 1. The summed E-state index contributed by atoms with van der Waals surface area (Å²) in [5.74, 6) is -0.615. The first-order chi connectivity index (χ1) is 13.1. The molecule has 1 N–H and O–H groups in total. The Morgan fingerprint density at radius 2 is 1.81 bits per heavy atom. The molecule has 2 aromatic rings. The number of nitrogens with one attached hydrogen (secondary N) is 1. The number of benzene rings is 2. The summed E-state index contributed by atoms with van der Waals surface area (Å²) >= 11 is 0. The molecule has 142 valence electrons. The molecule has 0 radical (unpaired) electrons. The fraction of sp³-hybridized carbons (Fsp3) is 0.435. The predicted octanol–water partition coefficient (Wildman–Crippen LogP) is 5.47. The van der Waals surface area contributed by atoms with Crippen LogP contribution in [-0.4, -0.2) is 23.4 Å². The highest BCUT2D eigenvalue weighted by Gasteiger charge is 2.30. The minimum Gasteiger partial charge on any atom is -0.382 e. The zero-order valence-corrected chi connectivity index (χ0v) is 15.9. The quantitative estimate of drug-likeness (QED) is 0.778. The predicted molar refractivity (Wildman–Crippen MR) is 106 cm³/mol. The summed E-state index contributed by atoms with van der Waals surface area (Å²) in [5, 5.41) is 3.55. The van der Waals surface area contributed by atoms with Gasteiger partial charge in [0.05, 0.1) is 11.6 Å². The van der Waals surface area contributed by atoms with Crippen molar-refractivity contribution < 1.29 is 9.18 Å². The summed E-state index contributed by atoms with van der Waals surface area (Å²) in [4.78, 5) is 15.0. The second-order valence-corrected chi connectivity index (χ2v) is 7.84. The van der Waals surface area contributed by atoms with Crippen LogP contribution in [0, 0.1) is 12.7 Å². The van der Waals surface area contributed by atoms with Crippen molar-refractivity contribution in [3.8, 4) is 0 Å². The van der Waals surface area contributed by atoms with Gasteiger partial charge in [-0.1, -0.05) is 24.3 Å². The van der Waals surface area contributed by atoms with Gasteiger partial charge in [-0.15, -0.1) is 0 Å². The van der Waals surface area contributed by atoms with E-state index in [0.29, 0.717) is 18.2 Å². The van der Waals surface area contributed by atoms with Gasteiger partial charge in [-0.25, -0.2) is 4.39 Å². The van der Waals surface area contributed by atoms with E-state index >= 15 is 0 Å². The molecule has 2 fully saturated rings. The van der Waals surface area contributed by atoms with Crippen LogP contribution in [0.4, 0.5) is 10.1 Å². The van der Waals surface area contributed by atoms with Crippen molar-refractivity contribution in [2.24, 2.45) is 0 Å². The number of amides is 1. The number of likely N-dealkylation sites (tertiary alicyclic amines) is 1. The van der Waals surface area contributed by atoms with E-state index in [-0.39, 0.29) is 17.5 Å². The number of carbonyl (C=O) groups excluding carboxylic acids is 1. The van der Waals surface area contributed by atoms with Gasteiger partial charge < -0.3 is 10.2 Å². The lowest BCUT2D eigenvalue weighted by atomic mass is 9.92. The fourth-order valence-electron chi connectivity index (χ4n) is 4.16. The third-order valence-corrected chi connectivity index (χ3v) is 5.97. The van der Waals surface area contributed by atoms with E-state index in [4.69, 9.17) is 0 Å². The maximum absolute atomic E-state index is 14.3. The molecule has 2 aromatic carbocycles. The fourth-order valence-corrected chi connectivity index (χ4v) is 4.16. The third kappa shape index (κ3) is 3.71. The van der Waals surface area contributed by atoms with Gasteiger partial charge in [0.25, 0.3) is 5.91 Å². The number of piperidine rings is 1. The average molecular weight is 366 g/mol. The van der Waals surface area contributed by atoms with Gasteiger partial charge >= 0.3 is 0 Å². The molecule has 1 heterocycles. The Morgan fingerprint density at radius 3 is 2.48 bits per heavy atom. The first-order valence-electron chi connectivity index (χ1n) is 10.1. The molecule has 0 unspecified atom stereocenters. The lowest BCUT2D eigenvalue weighted by Gasteiger charge is -2.36. The molecule has 0 bridgehead atoms. The summed E-state index contributed by atoms with van der Waals surface area (Å²) in [7, 11) is 0. The standard InChI is InChI=1S/C23H27FN2O/c1-16-6-4-9-20(24)22(16)23(27)26-15-3-2-10-21(26)17-11-13-19(14-12-17)25-18-7-5-8-18/h4,6,9,11-14,18,21,25H,2-3,5,7-8,10,15H2,1H3/t21-/m1/s1. The summed E-state index contributed by atoms with van der Waals surface area (Å²) in [6, 6.07) is 13.9. The summed E-state index contributed by atoms with van der Waals surface area (Å²) < 4.78 is 14.3.